The molecule has 1 aromatic carbocycles. The van der Waals surface area contributed by atoms with Gasteiger partial charge in [0.25, 0.3) is 0 Å². The quantitative estimate of drug-likeness (QED) is 0.611. The van der Waals surface area contributed by atoms with Crippen molar-refractivity contribution in [2.75, 3.05) is 5.32 Å². The van der Waals surface area contributed by atoms with Crippen molar-refractivity contribution in [3.63, 3.8) is 0 Å². The molecule has 0 saturated heterocycles. The maximum Gasteiger partial charge on any atom is 0.237 e. The van der Waals surface area contributed by atoms with Crippen molar-refractivity contribution in [3.05, 3.63) is 52.7 Å². The van der Waals surface area contributed by atoms with Crippen molar-refractivity contribution in [2.24, 2.45) is 0 Å². The van der Waals surface area contributed by atoms with E-state index in [1.54, 1.807) is 30.3 Å². The number of nitrogens with zero attached hydrogens (tertiary/aromatic N) is 2. The minimum Gasteiger partial charge on any atom is -0.325 e. The number of carbonyl (C=O) groups excluding carboxylic acids is 1. The fourth-order valence-electron chi connectivity index (χ4n) is 2.40. The van der Waals surface area contributed by atoms with Crippen LogP contribution in [0.25, 0.3) is 0 Å². The van der Waals surface area contributed by atoms with Crippen LogP contribution in [0.4, 0.5) is 5.69 Å². The molecule has 2 aromatic rings. The first-order valence-corrected chi connectivity index (χ1v) is 9.96. The third-order valence-corrected chi connectivity index (χ3v) is 5.44. The van der Waals surface area contributed by atoms with Gasteiger partial charge in [-0.15, -0.1) is 0 Å². The molecule has 0 aliphatic rings. The number of thioether (sulfide) groups is 1. The lowest BCUT2D eigenvalue weighted by Gasteiger charge is -2.15. The molecule has 0 fully saturated rings. The molecule has 1 aromatic heterocycles. The SMILES string of the molecule is CCCCc1ccc(C#N)c(SC(CC)C(=O)Nc2cccc(Cl)c2)n1. The van der Waals surface area contributed by atoms with E-state index in [1.807, 2.05) is 13.0 Å². The summed E-state index contributed by atoms with van der Waals surface area (Å²) in [5.74, 6) is -0.121. The molecule has 1 N–H and O–H groups in total. The summed E-state index contributed by atoms with van der Waals surface area (Å²) in [5.41, 5.74) is 2.12. The fourth-order valence-corrected chi connectivity index (χ4v) is 3.60. The molecular weight excluding hydrogens is 366 g/mol. The zero-order chi connectivity index (χ0) is 18.9. The number of pyridine rings is 1. The van der Waals surface area contributed by atoms with Gasteiger partial charge in [-0.25, -0.2) is 4.98 Å². The number of unbranched alkanes of at least 4 members (excludes halogenated alkanes) is 1. The van der Waals surface area contributed by atoms with Gasteiger partial charge >= 0.3 is 0 Å². The molecule has 1 atom stereocenters. The number of halogens is 1. The summed E-state index contributed by atoms with van der Waals surface area (Å²) in [7, 11) is 0. The lowest BCUT2D eigenvalue weighted by atomic mass is 10.2. The van der Waals surface area contributed by atoms with Gasteiger partial charge in [0.2, 0.25) is 5.91 Å². The molecule has 1 heterocycles. The van der Waals surface area contributed by atoms with E-state index >= 15 is 0 Å². The van der Waals surface area contributed by atoms with Gasteiger partial charge in [-0.05, 0) is 49.6 Å². The number of benzene rings is 1. The number of hydrogen-bond donors (Lipinski definition) is 1. The van der Waals surface area contributed by atoms with Gasteiger partial charge < -0.3 is 5.32 Å². The summed E-state index contributed by atoms with van der Waals surface area (Å²) in [6, 6.07) is 12.9. The Labute approximate surface area is 164 Å². The highest BCUT2D eigenvalue weighted by Gasteiger charge is 2.21. The van der Waals surface area contributed by atoms with Crippen LogP contribution < -0.4 is 5.32 Å². The molecule has 6 heteroatoms. The van der Waals surface area contributed by atoms with Crippen molar-refractivity contribution < 1.29 is 4.79 Å². The fraction of sp³-hybridized carbons (Fsp3) is 0.350. The van der Waals surface area contributed by atoms with Crippen LogP contribution in [0.5, 0.6) is 0 Å². The van der Waals surface area contributed by atoms with E-state index in [9.17, 15) is 10.1 Å². The predicted molar refractivity (Wildman–Crippen MR) is 108 cm³/mol. The van der Waals surface area contributed by atoms with E-state index in [4.69, 9.17) is 11.6 Å². The Morgan fingerprint density at radius 3 is 2.81 bits per heavy atom. The van der Waals surface area contributed by atoms with E-state index in [1.165, 1.54) is 11.8 Å². The van der Waals surface area contributed by atoms with E-state index in [2.05, 4.69) is 23.3 Å². The molecule has 0 bridgehead atoms. The number of aryl methyl sites for hydroxylation is 1. The zero-order valence-electron chi connectivity index (χ0n) is 15.0. The van der Waals surface area contributed by atoms with Gasteiger partial charge in [0, 0.05) is 16.4 Å². The number of nitrogens with one attached hydrogen (secondary N) is 1. The van der Waals surface area contributed by atoms with E-state index in [-0.39, 0.29) is 11.2 Å². The van der Waals surface area contributed by atoms with Crippen LogP contribution >= 0.6 is 23.4 Å². The molecule has 136 valence electrons. The van der Waals surface area contributed by atoms with Crippen molar-refractivity contribution in [3.8, 4) is 6.07 Å². The van der Waals surface area contributed by atoms with Crippen molar-refractivity contribution in [1.29, 1.82) is 5.26 Å². The van der Waals surface area contributed by atoms with E-state index in [0.717, 1.165) is 25.0 Å². The normalized spacial score (nSPS) is 11.6. The Bertz CT molecular complexity index is 804. The molecule has 2 rings (SSSR count). The Balaban J connectivity index is 2.15. The maximum absolute atomic E-state index is 12.6. The summed E-state index contributed by atoms with van der Waals surface area (Å²) >= 11 is 7.31. The average Bonchev–Trinajstić information content (AvgIpc) is 2.64. The highest BCUT2D eigenvalue weighted by molar-refractivity contribution is 8.00. The number of aromatic nitrogens is 1. The Kier molecular flexibility index (Phi) is 7.96. The third-order valence-electron chi connectivity index (χ3n) is 3.83. The first kappa shape index (κ1) is 20.3. The molecule has 4 nitrogen and oxygen atoms in total. The second kappa shape index (κ2) is 10.2. The summed E-state index contributed by atoms with van der Waals surface area (Å²) in [6.07, 6.45) is 3.64. The van der Waals surface area contributed by atoms with Crippen LogP contribution in [0, 0.1) is 11.3 Å². The second-order valence-corrected chi connectivity index (χ2v) is 7.51. The number of rotatable bonds is 8. The Morgan fingerprint density at radius 1 is 1.35 bits per heavy atom. The molecular formula is C20H22ClN3OS. The van der Waals surface area contributed by atoms with Crippen LogP contribution in [-0.4, -0.2) is 16.1 Å². The van der Waals surface area contributed by atoms with Crippen LogP contribution in [0.3, 0.4) is 0 Å². The Hall–Kier alpha value is -2.03. The molecule has 1 amide bonds. The monoisotopic (exact) mass is 387 g/mol. The number of carbonyl (C=O) groups is 1. The average molecular weight is 388 g/mol. The van der Waals surface area contributed by atoms with Gasteiger partial charge in [-0.2, -0.15) is 5.26 Å². The van der Waals surface area contributed by atoms with Crippen molar-refractivity contribution in [1.82, 2.24) is 4.98 Å². The van der Waals surface area contributed by atoms with Gasteiger partial charge in [-0.3, -0.25) is 4.79 Å². The molecule has 1 unspecified atom stereocenters. The summed E-state index contributed by atoms with van der Waals surface area (Å²) in [4.78, 5) is 17.2. The molecule has 26 heavy (non-hydrogen) atoms. The van der Waals surface area contributed by atoms with E-state index in [0.29, 0.717) is 27.7 Å². The smallest absolute Gasteiger partial charge is 0.237 e. The Morgan fingerprint density at radius 2 is 2.15 bits per heavy atom. The molecule has 0 radical (unpaired) electrons. The lowest BCUT2D eigenvalue weighted by molar-refractivity contribution is -0.115. The third kappa shape index (κ3) is 5.76. The minimum absolute atomic E-state index is 0.121. The molecule has 0 spiro atoms. The topological polar surface area (TPSA) is 65.8 Å². The highest BCUT2D eigenvalue weighted by Crippen LogP contribution is 2.28. The standard InChI is InChI=1S/C20H22ClN3OS/c1-3-5-8-16-11-10-14(13-22)20(24-16)26-18(4-2)19(25)23-17-9-6-7-15(21)12-17/h6-7,9-12,18H,3-5,8H2,1-2H3,(H,23,25). The molecule has 0 aliphatic heterocycles. The van der Waals surface area contributed by atoms with Crippen molar-refractivity contribution in [2.45, 2.75) is 49.8 Å². The zero-order valence-corrected chi connectivity index (χ0v) is 16.5. The van der Waals surface area contributed by atoms with Gasteiger partial charge in [-0.1, -0.05) is 49.7 Å². The maximum atomic E-state index is 12.6. The highest BCUT2D eigenvalue weighted by atomic mass is 35.5. The summed E-state index contributed by atoms with van der Waals surface area (Å²) in [5, 5.41) is 13.1. The summed E-state index contributed by atoms with van der Waals surface area (Å²) < 4.78 is 0. The van der Waals surface area contributed by atoms with Crippen LogP contribution in [0.15, 0.2) is 41.4 Å². The van der Waals surface area contributed by atoms with Crippen molar-refractivity contribution >= 4 is 35.0 Å². The number of nitriles is 1. The first-order chi connectivity index (χ1) is 12.6. The largest absolute Gasteiger partial charge is 0.325 e. The predicted octanol–water partition coefficient (Wildman–Crippen LogP) is 5.46. The molecule has 0 saturated carbocycles. The van der Waals surface area contributed by atoms with Crippen LogP contribution in [-0.2, 0) is 11.2 Å². The number of amides is 1. The first-order valence-electron chi connectivity index (χ1n) is 8.70. The second-order valence-electron chi connectivity index (χ2n) is 5.88. The van der Waals surface area contributed by atoms with Gasteiger partial charge in [0.05, 0.1) is 10.8 Å². The van der Waals surface area contributed by atoms with Gasteiger partial charge in [0.15, 0.2) is 0 Å². The van der Waals surface area contributed by atoms with Crippen LogP contribution in [0.1, 0.15) is 44.4 Å². The number of anilines is 1. The minimum atomic E-state index is -0.338. The van der Waals surface area contributed by atoms with Crippen LogP contribution in [0.2, 0.25) is 5.02 Å². The van der Waals surface area contributed by atoms with E-state index < -0.39 is 0 Å². The number of hydrogen-bond acceptors (Lipinski definition) is 4. The summed E-state index contributed by atoms with van der Waals surface area (Å²) in [6.45, 7) is 4.08. The molecule has 0 aliphatic carbocycles. The lowest BCUT2D eigenvalue weighted by Crippen LogP contribution is -2.24. The van der Waals surface area contributed by atoms with Gasteiger partial charge in [0.1, 0.15) is 11.1 Å².